The highest BCUT2D eigenvalue weighted by Gasteiger charge is 2.12. The van der Waals surface area contributed by atoms with E-state index >= 15 is 0 Å². The largest absolute Gasteiger partial charge is 0.508 e. The molecule has 102 valence electrons. The van der Waals surface area contributed by atoms with Gasteiger partial charge in [-0.15, -0.1) is 0 Å². The summed E-state index contributed by atoms with van der Waals surface area (Å²) in [6.45, 7) is 0. The molecular weight excluding hydrogens is 280 g/mol. The average molecular weight is 291 g/mol. The van der Waals surface area contributed by atoms with Crippen LogP contribution in [0.15, 0.2) is 42.5 Å². The van der Waals surface area contributed by atoms with Crippen LogP contribution in [0, 0.1) is 0 Å². The second kappa shape index (κ2) is 5.67. The van der Waals surface area contributed by atoms with E-state index in [2.05, 4.69) is 0 Å². The van der Waals surface area contributed by atoms with Crippen LogP contribution in [-0.2, 0) is 4.79 Å². The molecule has 4 nitrogen and oxygen atoms in total. The number of carbonyl (C=O) groups is 1. The molecule has 2 rings (SSSR count). The van der Waals surface area contributed by atoms with E-state index in [1.54, 1.807) is 24.3 Å². The van der Waals surface area contributed by atoms with E-state index in [9.17, 15) is 20.1 Å². The predicted molar refractivity (Wildman–Crippen MR) is 76.7 cm³/mol. The zero-order chi connectivity index (χ0) is 14.7. The monoisotopic (exact) mass is 290 g/mol. The molecule has 2 aromatic rings. The lowest BCUT2D eigenvalue weighted by atomic mass is 10.0. The molecule has 3 N–H and O–H groups in total. The highest BCUT2D eigenvalue weighted by atomic mass is 35.5. The number of hydrogen-bond donors (Lipinski definition) is 3. The molecule has 0 amide bonds. The number of phenolic OH excluding ortho intramolecular Hbond substituents is 2. The van der Waals surface area contributed by atoms with Gasteiger partial charge in [-0.2, -0.15) is 0 Å². The van der Waals surface area contributed by atoms with Crippen LogP contribution in [0.1, 0.15) is 11.1 Å². The zero-order valence-electron chi connectivity index (χ0n) is 10.2. The van der Waals surface area contributed by atoms with Crippen LogP contribution in [0.25, 0.3) is 11.6 Å². The molecule has 0 bridgehead atoms. The van der Waals surface area contributed by atoms with Crippen molar-refractivity contribution in [1.82, 2.24) is 0 Å². The van der Waals surface area contributed by atoms with Crippen LogP contribution in [0.5, 0.6) is 11.5 Å². The van der Waals surface area contributed by atoms with Gasteiger partial charge in [0.1, 0.15) is 11.5 Å². The number of aliphatic carboxylic acids is 1. The van der Waals surface area contributed by atoms with Gasteiger partial charge in [0.05, 0.1) is 5.57 Å². The van der Waals surface area contributed by atoms with Gasteiger partial charge >= 0.3 is 5.97 Å². The van der Waals surface area contributed by atoms with Crippen molar-refractivity contribution in [2.45, 2.75) is 0 Å². The highest BCUT2D eigenvalue weighted by Crippen LogP contribution is 2.27. The number of benzene rings is 2. The van der Waals surface area contributed by atoms with Crippen LogP contribution in [-0.4, -0.2) is 21.3 Å². The van der Waals surface area contributed by atoms with Crippen molar-refractivity contribution in [2.24, 2.45) is 0 Å². The summed E-state index contributed by atoms with van der Waals surface area (Å²) in [7, 11) is 0. The maximum absolute atomic E-state index is 11.3. The van der Waals surface area contributed by atoms with Gasteiger partial charge in [-0.3, -0.25) is 0 Å². The fourth-order valence-corrected chi connectivity index (χ4v) is 1.83. The number of carboxylic acids is 1. The van der Waals surface area contributed by atoms with Crippen molar-refractivity contribution in [3.8, 4) is 11.5 Å². The second-order valence-corrected chi connectivity index (χ2v) is 4.55. The summed E-state index contributed by atoms with van der Waals surface area (Å²) in [5.74, 6) is -1.42. The number of halogens is 1. The minimum absolute atomic E-state index is 0.0163. The first-order valence-corrected chi connectivity index (χ1v) is 6.08. The Morgan fingerprint density at radius 2 is 1.70 bits per heavy atom. The molecule has 0 saturated heterocycles. The molecule has 0 radical (unpaired) electrons. The Hall–Kier alpha value is -2.46. The standard InChI is InChI=1S/C15H11ClO4/c16-11-4-1-9(2-5-11)13(15(19)20)7-10-3-6-12(17)8-14(10)18/h1-8,17-18H,(H,19,20)/b13-7-. The number of hydrogen-bond acceptors (Lipinski definition) is 3. The Morgan fingerprint density at radius 3 is 2.25 bits per heavy atom. The SMILES string of the molecule is O=C(O)/C(=C\c1ccc(O)cc1O)c1ccc(Cl)cc1. The van der Waals surface area contributed by atoms with Gasteiger partial charge < -0.3 is 15.3 Å². The first-order chi connectivity index (χ1) is 9.47. The number of phenols is 2. The average Bonchev–Trinajstić information content (AvgIpc) is 2.39. The van der Waals surface area contributed by atoms with Crippen molar-refractivity contribution in [1.29, 1.82) is 0 Å². The Kier molecular flexibility index (Phi) is 3.96. The van der Waals surface area contributed by atoms with E-state index in [1.165, 1.54) is 18.2 Å². The smallest absolute Gasteiger partial charge is 0.336 e. The van der Waals surface area contributed by atoms with Gasteiger partial charge in [-0.25, -0.2) is 4.79 Å². The van der Waals surface area contributed by atoms with Gasteiger partial charge in [0.25, 0.3) is 0 Å². The number of aromatic hydroxyl groups is 2. The Balaban J connectivity index is 2.50. The molecule has 0 aromatic heterocycles. The summed E-state index contributed by atoms with van der Waals surface area (Å²) in [5.41, 5.74) is 0.784. The molecule has 0 atom stereocenters. The van der Waals surface area contributed by atoms with Crippen molar-refractivity contribution < 1.29 is 20.1 Å². The minimum atomic E-state index is -1.13. The molecule has 0 fully saturated rings. The van der Waals surface area contributed by atoms with E-state index in [0.717, 1.165) is 6.07 Å². The van der Waals surface area contributed by atoms with Crippen LogP contribution in [0.3, 0.4) is 0 Å². The fourth-order valence-electron chi connectivity index (χ4n) is 1.71. The van der Waals surface area contributed by atoms with Gasteiger partial charge in [0.15, 0.2) is 0 Å². The summed E-state index contributed by atoms with van der Waals surface area (Å²) in [5, 5.41) is 28.7. The normalized spacial score (nSPS) is 11.3. The van der Waals surface area contributed by atoms with Crippen molar-refractivity contribution >= 4 is 29.2 Å². The van der Waals surface area contributed by atoms with E-state index < -0.39 is 5.97 Å². The maximum atomic E-state index is 11.3. The molecule has 0 aliphatic carbocycles. The van der Waals surface area contributed by atoms with Crippen LogP contribution in [0.2, 0.25) is 5.02 Å². The summed E-state index contributed by atoms with van der Waals surface area (Å²) >= 11 is 5.76. The summed E-state index contributed by atoms with van der Waals surface area (Å²) < 4.78 is 0. The third-order valence-corrected chi connectivity index (χ3v) is 2.95. The summed E-state index contributed by atoms with van der Waals surface area (Å²) in [6.07, 6.45) is 1.33. The first-order valence-electron chi connectivity index (χ1n) is 5.70. The fraction of sp³-hybridized carbons (Fsp3) is 0. The van der Waals surface area contributed by atoms with Crippen LogP contribution in [0.4, 0.5) is 0 Å². The molecule has 0 aliphatic heterocycles. The lowest BCUT2D eigenvalue weighted by molar-refractivity contribution is -0.130. The number of carboxylic acid groups (broad SMARTS) is 1. The third-order valence-electron chi connectivity index (χ3n) is 2.70. The molecule has 0 aliphatic rings. The molecule has 20 heavy (non-hydrogen) atoms. The van der Waals surface area contributed by atoms with Crippen molar-refractivity contribution in [2.75, 3.05) is 0 Å². The Labute approximate surface area is 120 Å². The topological polar surface area (TPSA) is 77.8 Å². The molecule has 0 saturated carbocycles. The molecular formula is C15H11ClO4. The lowest BCUT2D eigenvalue weighted by Gasteiger charge is -2.05. The maximum Gasteiger partial charge on any atom is 0.336 e. The molecule has 0 spiro atoms. The summed E-state index contributed by atoms with van der Waals surface area (Å²) in [4.78, 5) is 11.3. The Morgan fingerprint density at radius 1 is 1.05 bits per heavy atom. The zero-order valence-corrected chi connectivity index (χ0v) is 11.0. The molecule has 0 unspecified atom stereocenters. The number of rotatable bonds is 3. The van der Waals surface area contributed by atoms with Gasteiger partial charge in [0, 0.05) is 16.7 Å². The van der Waals surface area contributed by atoms with Gasteiger partial charge in [-0.1, -0.05) is 23.7 Å². The second-order valence-electron chi connectivity index (χ2n) is 4.11. The molecule has 5 heteroatoms. The molecule has 2 aromatic carbocycles. The highest BCUT2D eigenvalue weighted by molar-refractivity contribution is 6.30. The lowest BCUT2D eigenvalue weighted by Crippen LogP contribution is -1.99. The van der Waals surface area contributed by atoms with Gasteiger partial charge in [-0.05, 0) is 35.9 Å². The quantitative estimate of drug-likeness (QED) is 0.598. The van der Waals surface area contributed by atoms with E-state index in [1.807, 2.05) is 0 Å². The molecule has 0 heterocycles. The first kappa shape index (κ1) is 14.0. The predicted octanol–water partition coefficient (Wildman–Crippen LogP) is 3.38. The van der Waals surface area contributed by atoms with Crippen LogP contribution < -0.4 is 0 Å². The van der Waals surface area contributed by atoms with Gasteiger partial charge in [0.2, 0.25) is 0 Å². The van der Waals surface area contributed by atoms with E-state index in [4.69, 9.17) is 11.6 Å². The van der Waals surface area contributed by atoms with Crippen LogP contribution >= 0.6 is 11.6 Å². The van der Waals surface area contributed by atoms with Crippen molar-refractivity contribution in [3.05, 3.63) is 58.6 Å². The third kappa shape index (κ3) is 3.10. The van der Waals surface area contributed by atoms with E-state index in [0.29, 0.717) is 16.1 Å². The summed E-state index contributed by atoms with van der Waals surface area (Å²) in [6, 6.07) is 10.3. The Bertz CT molecular complexity index is 675. The van der Waals surface area contributed by atoms with E-state index in [-0.39, 0.29) is 17.1 Å². The van der Waals surface area contributed by atoms with Crippen molar-refractivity contribution in [3.63, 3.8) is 0 Å². The minimum Gasteiger partial charge on any atom is -0.508 e.